The molecule has 0 aliphatic carbocycles. The fraction of sp³-hybridized carbons (Fsp3) is 0.130. The standard InChI is InChI=1S/C23H19ClN2O2/c1-28-23(27)21-13-20(24)8-7-18(21)11-17-12-19-9-10-26(22(19)25-14-17)15-16-5-3-2-4-6-16/h2-10,12-14H,11,15H2,1H3. The number of hydrogen-bond acceptors (Lipinski definition) is 3. The largest absolute Gasteiger partial charge is 0.465 e. The van der Waals surface area contributed by atoms with Gasteiger partial charge < -0.3 is 9.30 Å². The summed E-state index contributed by atoms with van der Waals surface area (Å²) in [6.45, 7) is 0.778. The van der Waals surface area contributed by atoms with Crippen molar-refractivity contribution in [2.24, 2.45) is 0 Å². The van der Waals surface area contributed by atoms with E-state index in [1.165, 1.54) is 12.7 Å². The summed E-state index contributed by atoms with van der Waals surface area (Å²) >= 11 is 6.05. The average molecular weight is 391 g/mol. The summed E-state index contributed by atoms with van der Waals surface area (Å²) in [4.78, 5) is 16.7. The summed E-state index contributed by atoms with van der Waals surface area (Å²) < 4.78 is 7.02. The van der Waals surface area contributed by atoms with Crippen LogP contribution in [0, 0.1) is 0 Å². The molecule has 0 spiro atoms. The number of ether oxygens (including phenoxy) is 1. The van der Waals surface area contributed by atoms with E-state index >= 15 is 0 Å². The quantitative estimate of drug-likeness (QED) is 0.444. The average Bonchev–Trinajstić information content (AvgIpc) is 3.11. The number of nitrogens with zero attached hydrogens (tertiary/aromatic N) is 2. The van der Waals surface area contributed by atoms with Crippen LogP contribution in [0.2, 0.25) is 5.02 Å². The molecule has 0 saturated carbocycles. The van der Waals surface area contributed by atoms with E-state index in [1.54, 1.807) is 12.1 Å². The molecule has 0 aliphatic heterocycles. The molecule has 4 nitrogen and oxygen atoms in total. The minimum Gasteiger partial charge on any atom is -0.465 e. The Kier molecular flexibility index (Phi) is 5.13. The number of hydrogen-bond donors (Lipinski definition) is 0. The van der Waals surface area contributed by atoms with Crippen LogP contribution in [0.5, 0.6) is 0 Å². The topological polar surface area (TPSA) is 44.1 Å². The molecule has 0 fully saturated rings. The van der Waals surface area contributed by atoms with E-state index in [0.717, 1.165) is 28.7 Å². The van der Waals surface area contributed by atoms with Gasteiger partial charge in [0.25, 0.3) is 0 Å². The Bertz CT molecular complexity index is 1140. The molecule has 2 heterocycles. The van der Waals surface area contributed by atoms with Crippen molar-refractivity contribution in [2.45, 2.75) is 13.0 Å². The molecule has 4 aromatic rings. The number of aromatic nitrogens is 2. The third-order valence-corrected chi connectivity index (χ3v) is 4.96. The number of halogens is 1. The summed E-state index contributed by atoms with van der Waals surface area (Å²) in [5.74, 6) is -0.388. The maximum Gasteiger partial charge on any atom is 0.338 e. The van der Waals surface area contributed by atoms with Crippen molar-refractivity contribution in [1.29, 1.82) is 0 Å². The van der Waals surface area contributed by atoms with E-state index in [0.29, 0.717) is 17.0 Å². The third-order valence-electron chi connectivity index (χ3n) is 4.73. The number of fused-ring (bicyclic) bond motifs is 1. The Morgan fingerprint density at radius 3 is 2.68 bits per heavy atom. The molecule has 5 heteroatoms. The van der Waals surface area contributed by atoms with Crippen molar-refractivity contribution >= 4 is 28.6 Å². The summed E-state index contributed by atoms with van der Waals surface area (Å²) in [6, 6.07) is 19.8. The first-order valence-corrected chi connectivity index (χ1v) is 9.36. The van der Waals surface area contributed by atoms with Crippen LogP contribution in [0.1, 0.15) is 27.0 Å². The molecular formula is C23H19ClN2O2. The minimum absolute atomic E-state index is 0.388. The smallest absolute Gasteiger partial charge is 0.338 e. The second-order valence-corrected chi connectivity index (χ2v) is 7.09. The highest BCUT2D eigenvalue weighted by molar-refractivity contribution is 6.31. The van der Waals surface area contributed by atoms with Gasteiger partial charge in [-0.25, -0.2) is 9.78 Å². The van der Waals surface area contributed by atoms with E-state index in [1.807, 2.05) is 30.5 Å². The van der Waals surface area contributed by atoms with E-state index < -0.39 is 0 Å². The molecule has 140 valence electrons. The first-order chi connectivity index (χ1) is 13.6. The first kappa shape index (κ1) is 18.3. The number of methoxy groups -OCH3 is 1. The van der Waals surface area contributed by atoms with Gasteiger partial charge in [-0.2, -0.15) is 0 Å². The molecule has 28 heavy (non-hydrogen) atoms. The lowest BCUT2D eigenvalue weighted by Gasteiger charge is -2.09. The van der Waals surface area contributed by atoms with E-state index in [9.17, 15) is 4.79 Å². The first-order valence-electron chi connectivity index (χ1n) is 8.98. The van der Waals surface area contributed by atoms with E-state index in [4.69, 9.17) is 16.3 Å². The summed E-state index contributed by atoms with van der Waals surface area (Å²) in [5.41, 5.74) is 4.54. The monoisotopic (exact) mass is 390 g/mol. The van der Waals surface area contributed by atoms with Crippen molar-refractivity contribution in [1.82, 2.24) is 9.55 Å². The van der Waals surface area contributed by atoms with Gasteiger partial charge in [-0.05, 0) is 47.4 Å². The maximum atomic E-state index is 12.1. The molecule has 2 aromatic carbocycles. The molecule has 4 rings (SSSR count). The van der Waals surface area contributed by atoms with Gasteiger partial charge in [0, 0.05) is 29.3 Å². The third kappa shape index (κ3) is 3.78. The number of esters is 1. The van der Waals surface area contributed by atoms with Gasteiger partial charge >= 0.3 is 5.97 Å². The molecule has 0 unspecified atom stereocenters. The lowest BCUT2D eigenvalue weighted by Crippen LogP contribution is -2.06. The van der Waals surface area contributed by atoms with E-state index in [2.05, 4.69) is 40.0 Å². The van der Waals surface area contributed by atoms with Crippen molar-refractivity contribution in [3.8, 4) is 0 Å². The van der Waals surface area contributed by atoms with E-state index in [-0.39, 0.29) is 5.97 Å². The van der Waals surface area contributed by atoms with Crippen molar-refractivity contribution in [2.75, 3.05) is 7.11 Å². The van der Waals surface area contributed by atoms with Crippen LogP contribution in [0.3, 0.4) is 0 Å². The highest BCUT2D eigenvalue weighted by Crippen LogP contribution is 2.22. The predicted octanol–water partition coefficient (Wildman–Crippen LogP) is 5.12. The van der Waals surface area contributed by atoms with Gasteiger partial charge in [0.15, 0.2) is 0 Å². The summed E-state index contributed by atoms with van der Waals surface area (Å²) in [5, 5.41) is 1.58. The lowest BCUT2D eigenvalue weighted by atomic mass is 10.0. The number of pyridine rings is 1. The Morgan fingerprint density at radius 2 is 1.89 bits per heavy atom. The predicted molar refractivity (Wildman–Crippen MR) is 111 cm³/mol. The SMILES string of the molecule is COC(=O)c1cc(Cl)ccc1Cc1cnc2c(ccn2Cc2ccccc2)c1. The maximum absolute atomic E-state index is 12.1. The van der Waals surface area contributed by atoms with Gasteiger partial charge in [-0.3, -0.25) is 0 Å². The Morgan fingerprint density at radius 1 is 1.07 bits per heavy atom. The summed E-state index contributed by atoms with van der Waals surface area (Å²) in [6.07, 6.45) is 4.49. The highest BCUT2D eigenvalue weighted by atomic mass is 35.5. The second-order valence-electron chi connectivity index (χ2n) is 6.66. The van der Waals surface area contributed by atoms with Crippen LogP contribution in [0.15, 0.2) is 73.1 Å². The Hall–Kier alpha value is -3.11. The molecule has 0 radical (unpaired) electrons. The van der Waals surface area contributed by atoms with Crippen molar-refractivity contribution in [3.63, 3.8) is 0 Å². The summed E-state index contributed by atoms with van der Waals surface area (Å²) in [7, 11) is 1.37. The van der Waals surface area contributed by atoms with Gasteiger partial charge in [0.1, 0.15) is 5.65 Å². The molecular weight excluding hydrogens is 372 g/mol. The zero-order valence-corrected chi connectivity index (χ0v) is 16.2. The molecule has 0 aliphatic rings. The van der Waals surface area contributed by atoms with Crippen LogP contribution in [0.25, 0.3) is 11.0 Å². The van der Waals surface area contributed by atoms with Gasteiger partial charge in [-0.15, -0.1) is 0 Å². The Labute approximate surface area is 168 Å². The van der Waals surface area contributed by atoms with Crippen molar-refractivity contribution in [3.05, 3.63) is 100 Å². The number of benzene rings is 2. The van der Waals surface area contributed by atoms with Gasteiger partial charge in [-0.1, -0.05) is 48.0 Å². The fourth-order valence-electron chi connectivity index (χ4n) is 3.35. The zero-order chi connectivity index (χ0) is 19.5. The van der Waals surface area contributed by atoms with Crippen molar-refractivity contribution < 1.29 is 9.53 Å². The molecule has 0 amide bonds. The second kappa shape index (κ2) is 7.87. The number of rotatable bonds is 5. The lowest BCUT2D eigenvalue weighted by molar-refractivity contribution is 0.0599. The van der Waals surface area contributed by atoms with Crippen LogP contribution in [-0.2, 0) is 17.7 Å². The molecule has 0 N–H and O–H groups in total. The molecule has 0 saturated heterocycles. The zero-order valence-electron chi connectivity index (χ0n) is 15.4. The highest BCUT2D eigenvalue weighted by Gasteiger charge is 2.14. The number of carbonyl (C=O) groups is 1. The van der Waals surface area contributed by atoms with Crippen LogP contribution >= 0.6 is 11.6 Å². The van der Waals surface area contributed by atoms with Gasteiger partial charge in [0.05, 0.1) is 12.7 Å². The van der Waals surface area contributed by atoms with Crippen LogP contribution in [0.4, 0.5) is 0 Å². The molecule has 0 bridgehead atoms. The molecule has 0 atom stereocenters. The van der Waals surface area contributed by atoms with Crippen LogP contribution in [-0.4, -0.2) is 22.6 Å². The minimum atomic E-state index is -0.388. The fourth-order valence-corrected chi connectivity index (χ4v) is 3.52. The Balaban J connectivity index is 1.62. The van der Waals surface area contributed by atoms with Crippen LogP contribution < -0.4 is 0 Å². The number of carbonyl (C=O) groups excluding carboxylic acids is 1. The molecule has 2 aromatic heterocycles. The van der Waals surface area contributed by atoms with Gasteiger partial charge in [0.2, 0.25) is 0 Å². The normalized spacial score (nSPS) is 10.9.